The van der Waals surface area contributed by atoms with Crippen molar-refractivity contribution in [1.29, 1.82) is 0 Å². The fourth-order valence-corrected chi connectivity index (χ4v) is 3.66. The van der Waals surface area contributed by atoms with Crippen LogP contribution >= 0.6 is 0 Å². The molecule has 1 atom stereocenters. The first-order chi connectivity index (χ1) is 13.9. The Labute approximate surface area is 167 Å². The molecule has 0 aliphatic carbocycles. The Morgan fingerprint density at radius 2 is 2.00 bits per heavy atom. The second-order valence-electron chi connectivity index (χ2n) is 7.29. The van der Waals surface area contributed by atoms with E-state index < -0.39 is 5.92 Å². The minimum Gasteiger partial charge on any atom is -0.359 e. The van der Waals surface area contributed by atoms with E-state index in [1.807, 2.05) is 45.0 Å². The van der Waals surface area contributed by atoms with E-state index in [2.05, 4.69) is 15.5 Å². The summed E-state index contributed by atoms with van der Waals surface area (Å²) in [6, 6.07) is 14.3. The van der Waals surface area contributed by atoms with Crippen LogP contribution in [0.5, 0.6) is 0 Å². The van der Waals surface area contributed by atoms with Gasteiger partial charge < -0.3 is 14.8 Å². The third-order valence-corrected chi connectivity index (χ3v) is 5.16. The maximum Gasteiger partial charge on any atom is 0.227 e. The van der Waals surface area contributed by atoms with Crippen LogP contribution in [-0.4, -0.2) is 16.0 Å². The number of H-pyrrole nitrogens is 1. The largest absolute Gasteiger partial charge is 0.359 e. The molecule has 0 aliphatic rings. The Balaban J connectivity index is 1.74. The smallest absolute Gasteiger partial charge is 0.227 e. The lowest BCUT2D eigenvalue weighted by Gasteiger charge is -2.15. The number of carbonyl (C=O) groups is 1. The molecule has 4 aromatic rings. The predicted molar refractivity (Wildman–Crippen MR) is 110 cm³/mol. The number of aryl methyl sites for hydroxylation is 2. The fourth-order valence-electron chi connectivity index (χ4n) is 3.66. The predicted octanol–water partition coefficient (Wildman–Crippen LogP) is 5.00. The lowest BCUT2D eigenvalue weighted by atomic mass is 9.92. The number of carbonyl (C=O) groups excluding carboxylic acids is 1. The number of nitrogens with zero attached hydrogens (tertiary/aromatic N) is 1. The molecule has 5 nitrogen and oxygen atoms in total. The number of amides is 1. The number of aromatic amines is 1. The Bertz CT molecular complexity index is 1190. The summed E-state index contributed by atoms with van der Waals surface area (Å²) >= 11 is 0. The van der Waals surface area contributed by atoms with Crippen LogP contribution in [0.2, 0.25) is 0 Å². The molecule has 0 saturated carbocycles. The highest BCUT2D eigenvalue weighted by atomic mass is 19.1. The first-order valence-corrected chi connectivity index (χ1v) is 9.51. The van der Waals surface area contributed by atoms with E-state index in [9.17, 15) is 9.18 Å². The van der Waals surface area contributed by atoms with Crippen molar-refractivity contribution in [1.82, 2.24) is 15.5 Å². The quantitative estimate of drug-likeness (QED) is 0.503. The van der Waals surface area contributed by atoms with Gasteiger partial charge in [-0.15, -0.1) is 0 Å². The maximum atomic E-state index is 14.0. The standard InChI is InChI=1S/C23H22FN3O2/c1-13-6-4-5-7-18(13)22-21(19-11-16(24)8-9-20(19)26-22)15(3)23(28)25-12-17-10-14(2)27-29-17/h4-11,15,26H,12H2,1-3H3,(H,25,28). The molecule has 0 saturated heterocycles. The average Bonchev–Trinajstić information content (AvgIpc) is 3.28. The van der Waals surface area contributed by atoms with Crippen LogP contribution in [0.15, 0.2) is 53.1 Å². The number of halogens is 1. The summed E-state index contributed by atoms with van der Waals surface area (Å²) in [6.07, 6.45) is 0. The van der Waals surface area contributed by atoms with Gasteiger partial charge in [0.2, 0.25) is 5.91 Å². The number of hydrogen-bond donors (Lipinski definition) is 2. The van der Waals surface area contributed by atoms with Gasteiger partial charge in [0.1, 0.15) is 5.82 Å². The summed E-state index contributed by atoms with van der Waals surface area (Å²) in [7, 11) is 0. The molecule has 4 rings (SSSR count). The van der Waals surface area contributed by atoms with Crippen LogP contribution in [0.1, 0.15) is 35.4 Å². The molecule has 0 spiro atoms. The molecule has 2 aromatic carbocycles. The van der Waals surface area contributed by atoms with Gasteiger partial charge in [0, 0.05) is 22.5 Å². The zero-order valence-corrected chi connectivity index (χ0v) is 16.5. The Hall–Kier alpha value is -3.41. The molecular formula is C23H22FN3O2. The monoisotopic (exact) mass is 391 g/mol. The molecule has 0 radical (unpaired) electrons. The minimum atomic E-state index is -0.496. The van der Waals surface area contributed by atoms with Gasteiger partial charge in [-0.05, 0) is 50.1 Å². The van der Waals surface area contributed by atoms with E-state index in [1.165, 1.54) is 12.1 Å². The molecule has 29 heavy (non-hydrogen) atoms. The average molecular weight is 391 g/mol. The van der Waals surface area contributed by atoms with E-state index in [-0.39, 0.29) is 18.3 Å². The van der Waals surface area contributed by atoms with Crippen LogP contribution in [-0.2, 0) is 11.3 Å². The highest BCUT2D eigenvalue weighted by Gasteiger charge is 2.25. The topological polar surface area (TPSA) is 70.9 Å². The molecule has 0 bridgehead atoms. The third kappa shape index (κ3) is 3.66. The van der Waals surface area contributed by atoms with Crippen molar-refractivity contribution in [3.63, 3.8) is 0 Å². The SMILES string of the molecule is Cc1cc(CNC(=O)C(C)c2c(-c3ccccc3C)[nH]c3ccc(F)cc23)on1. The highest BCUT2D eigenvalue weighted by Crippen LogP contribution is 2.37. The van der Waals surface area contributed by atoms with Crippen molar-refractivity contribution in [2.75, 3.05) is 0 Å². The normalized spacial score (nSPS) is 12.3. The maximum absolute atomic E-state index is 14.0. The van der Waals surface area contributed by atoms with Gasteiger partial charge in [0.05, 0.1) is 23.9 Å². The molecule has 148 valence electrons. The van der Waals surface area contributed by atoms with E-state index in [0.29, 0.717) is 11.1 Å². The molecule has 2 heterocycles. The summed E-state index contributed by atoms with van der Waals surface area (Å²) < 4.78 is 19.2. The summed E-state index contributed by atoms with van der Waals surface area (Å²) in [5.41, 5.74) is 5.23. The number of benzene rings is 2. The first kappa shape index (κ1) is 18.9. The molecule has 1 unspecified atom stereocenters. The summed E-state index contributed by atoms with van der Waals surface area (Å²) in [6.45, 7) is 5.92. The van der Waals surface area contributed by atoms with Crippen molar-refractivity contribution in [2.45, 2.75) is 33.2 Å². The Morgan fingerprint density at radius 3 is 2.72 bits per heavy atom. The third-order valence-electron chi connectivity index (χ3n) is 5.16. The van der Waals surface area contributed by atoms with Gasteiger partial charge in [0.15, 0.2) is 5.76 Å². The molecule has 1 amide bonds. The number of fused-ring (bicyclic) bond motifs is 1. The van der Waals surface area contributed by atoms with E-state index in [1.54, 1.807) is 12.1 Å². The van der Waals surface area contributed by atoms with E-state index in [0.717, 1.165) is 33.6 Å². The fraction of sp³-hybridized carbons (Fsp3) is 0.217. The zero-order chi connectivity index (χ0) is 20.5. The molecule has 2 aromatic heterocycles. The second-order valence-corrected chi connectivity index (χ2v) is 7.29. The zero-order valence-electron chi connectivity index (χ0n) is 16.5. The number of rotatable bonds is 5. The summed E-state index contributed by atoms with van der Waals surface area (Å²) in [5, 5.41) is 7.43. The highest BCUT2D eigenvalue weighted by molar-refractivity contribution is 5.97. The van der Waals surface area contributed by atoms with Crippen LogP contribution < -0.4 is 5.32 Å². The van der Waals surface area contributed by atoms with Crippen molar-refractivity contribution in [3.05, 3.63) is 76.9 Å². The molecule has 0 aliphatic heterocycles. The van der Waals surface area contributed by atoms with Gasteiger partial charge in [-0.2, -0.15) is 0 Å². The van der Waals surface area contributed by atoms with Crippen LogP contribution in [0.25, 0.3) is 22.2 Å². The van der Waals surface area contributed by atoms with Crippen LogP contribution in [0.4, 0.5) is 4.39 Å². The van der Waals surface area contributed by atoms with Gasteiger partial charge >= 0.3 is 0 Å². The van der Waals surface area contributed by atoms with E-state index >= 15 is 0 Å². The van der Waals surface area contributed by atoms with Gasteiger partial charge in [-0.25, -0.2) is 4.39 Å². The molecule has 2 N–H and O–H groups in total. The molecule has 0 fully saturated rings. The van der Waals surface area contributed by atoms with Crippen LogP contribution in [0, 0.1) is 19.7 Å². The Kier molecular flexibility index (Phi) is 4.92. The number of hydrogen-bond acceptors (Lipinski definition) is 3. The molecule has 6 heteroatoms. The van der Waals surface area contributed by atoms with Crippen molar-refractivity contribution in [2.24, 2.45) is 0 Å². The second kappa shape index (κ2) is 7.54. The Morgan fingerprint density at radius 1 is 1.21 bits per heavy atom. The van der Waals surface area contributed by atoms with Crippen LogP contribution in [0.3, 0.4) is 0 Å². The van der Waals surface area contributed by atoms with Crippen molar-refractivity contribution in [3.8, 4) is 11.3 Å². The lowest BCUT2D eigenvalue weighted by molar-refractivity contribution is -0.122. The van der Waals surface area contributed by atoms with Gasteiger partial charge in [0.25, 0.3) is 0 Å². The lowest BCUT2D eigenvalue weighted by Crippen LogP contribution is -2.27. The summed E-state index contributed by atoms with van der Waals surface area (Å²) in [5.74, 6) is -0.408. The van der Waals surface area contributed by atoms with Crippen molar-refractivity contribution >= 4 is 16.8 Å². The van der Waals surface area contributed by atoms with Crippen molar-refractivity contribution < 1.29 is 13.7 Å². The van der Waals surface area contributed by atoms with Gasteiger partial charge in [-0.3, -0.25) is 4.79 Å². The first-order valence-electron chi connectivity index (χ1n) is 9.51. The van der Waals surface area contributed by atoms with E-state index in [4.69, 9.17) is 4.52 Å². The summed E-state index contributed by atoms with van der Waals surface area (Å²) in [4.78, 5) is 16.3. The molecular weight excluding hydrogens is 369 g/mol. The minimum absolute atomic E-state index is 0.168. The number of aromatic nitrogens is 2. The number of nitrogens with one attached hydrogen (secondary N) is 2. The van der Waals surface area contributed by atoms with Gasteiger partial charge in [-0.1, -0.05) is 29.4 Å².